The van der Waals surface area contributed by atoms with Crippen molar-refractivity contribution < 1.29 is 4.74 Å². The second kappa shape index (κ2) is 5.96. The molecule has 1 N–H and O–H groups in total. The van der Waals surface area contributed by atoms with Crippen LogP contribution < -0.4 is 10.1 Å². The lowest BCUT2D eigenvalue weighted by Crippen LogP contribution is -1.99. The van der Waals surface area contributed by atoms with Gasteiger partial charge in [0, 0.05) is 30.3 Å². The monoisotopic (exact) mass is 318 g/mol. The normalized spacial score (nSPS) is 10.7. The first-order valence-corrected chi connectivity index (χ1v) is 7.36. The molecule has 0 atom stereocenters. The molecule has 0 fully saturated rings. The van der Waals surface area contributed by atoms with Gasteiger partial charge in [0.05, 0.1) is 24.7 Å². The van der Waals surface area contributed by atoms with Gasteiger partial charge in [0.25, 0.3) is 0 Å². The van der Waals surface area contributed by atoms with Crippen LogP contribution in [0.3, 0.4) is 0 Å². The number of methoxy groups -OCH3 is 1. The number of nitrogens with zero attached hydrogens (tertiary/aromatic N) is 5. The average Bonchev–Trinajstić information content (AvgIpc) is 3.06. The fourth-order valence-electron chi connectivity index (χ4n) is 2.41. The van der Waals surface area contributed by atoms with Gasteiger partial charge in [-0.25, -0.2) is 19.9 Å². The number of rotatable bonds is 4. The smallest absolute Gasteiger partial charge is 0.234 e. The highest BCUT2D eigenvalue weighted by atomic mass is 16.5. The molecule has 3 aromatic heterocycles. The van der Waals surface area contributed by atoms with Gasteiger partial charge in [-0.05, 0) is 24.3 Å². The van der Waals surface area contributed by atoms with E-state index in [1.807, 2.05) is 47.0 Å². The zero-order chi connectivity index (χ0) is 16.4. The molecule has 4 aromatic rings. The molecule has 7 nitrogen and oxygen atoms in total. The van der Waals surface area contributed by atoms with Crippen molar-refractivity contribution in [2.45, 2.75) is 0 Å². The molecule has 0 saturated carbocycles. The minimum absolute atomic E-state index is 0.500. The van der Waals surface area contributed by atoms with Crippen molar-refractivity contribution in [3.63, 3.8) is 0 Å². The van der Waals surface area contributed by atoms with Gasteiger partial charge in [-0.3, -0.25) is 4.40 Å². The van der Waals surface area contributed by atoms with Gasteiger partial charge >= 0.3 is 0 Å². The summed E-state index contributed by atoms with van der Waals surface area (Å²) < 4.78 is 7.11. The van der Waals surface area contributed by atoms with Gasteiger partial charge < -0.3 is 10.1 Å². The van der Waals surface area contributed by atoms with Crippen molar-refractivity contribution in [2.24, 2.45) is 0 Å². The molecule has 4 rings (SSSR count). The number of anilines is 2. The maximum Gasteiger partial charge on any atom is 0.234 e. The van der Waals surface area contributed by atoms with E-state index >= 15 is 0 Å². The molecule has 0 saturated heterocycles. The van der Waals surface area contributed by atoms with Gasteiger partial charge in [0.1, 0.15) is 5.75 Å². The molecule has 1 aromatic carbocycles. The van der Waals surface area contributed by atoms with Crippen LogP contribution in [0.15, 0.2) is 61.2 Å². The molecule has 118 valence electrons. The number of hydrogen-bond acceptors (Lipinski definition) is 6. The first-order chi connectivity index (χ1) is 11.8. The van der Waals surface area contributed by atoms with Crippen LogP contribution >= 0.6 is 0 Å². The molecule has 7 heteroatoms. The zero-order valence-electron chi connectivity index (χ0n) is 12.9. The summed E-state index contributed by atoms with van der Waals surface area (Å²) >= 11 is 0. The summed E-state index contributed by atoms with van der Waals surface area (Å²) in [5.74, 6) is 1.90. The van der Waals surface area contributed by atoms with Gasteiger partial charge in [0.2, 0.25) is 11.7 Å². The predicted molar refractivity (Wildman–Crippen MR) is 90.3 cm³/mol. The summed E-state index contributed by atoms with van der Waals surface area (Å²) in [5, 5.41) is 3.18. The SMILES string of the molecule is COc1cccc(Nc2nccc(-c3cnc4ncccn34)n2)c1. The molecule has 0 aliphatic heterocycles. The van der Waals surface area contributed by atoms with Gasteiger partial charge in [-0.2, -0.15) is 0 Å². The van der Waals surface area contributed by atoms with E-state index < -0.39 is 0 Å². The Morgan fingerprint density at radius 1 is 1.04 bits per heavy atom. The van der Waals surface area contributed by atoms with Crippen molar-refractivity contribution in [3.05, 3.63) is 61.2 Å². The number of fused-ring (bicyclic) bond motifs is 1. The lowest BCUT2D eigenvalue weighted by Gasteiger charge is -2.07. The van der Waals surface area contributed by atoms with Gasteiger partial charge in [-0.15, -0.1) is 0 Å². The molecule has 0 unspecified atom stereocenters. The van der Waals surface area contributed by atoms with Crippen molar-refractivity contribution in [2.75, 3.05) is 12.4 Å². The fraction of sp³-hybridized carbons (Fsp3) is 0.0588. The third-order valence-electron chi connectivity index (χ3n) is 3.53. The van der Waals surface area contributed by atoms with Crippen LogP contribution in [-0.2, 0) is 0 Å². The number of nitrogens with one attached hydrogen (secondary N) is 1. The number of hydrogen-bond donors (Lipinski definition) is 1. The molecule has 0 aliphatic carbocycles. The highest BCUT2D eigenvalue weighted by molar-refractivity contribution is 5.61. The van der Waals surface area contributed by atoms with E-state index in [1.54, 1.807) is 25.7 Å². The summed E-state index contributed by atoms with van der Waals surface area (Å²) in [6, 6.07) is 11.3. The number of benzene rings is 1. The largest absolute Gasteiger partial charge is 0.497 e. The Labute approximate surface area is 138 Å². The van der Waals surface area contributed by atoms with E-state index in [2.05, 4.69) is 25.3 Å². The second-order valence-electron chi connectivity index (χ2n) is 5.06. The van der Waals surface area contributed by atoms with Crippen LogP contribution in [0.2, 0.25) is 0 Å². The van der Waals surface area contributed by atoms with E-state index in [9.17, 15) is 0 Å². The third-order valence-corrected chi connectivity index (χ3v) is 3.53. The molecule has 0 spiro atoms. The van der Waals surface area contributed by atoms with Crippen molar-refractivity contribution >= 4 is 17.4 Å². The Hall–Kier alpha value is -3.48. The number of aromatic nitrogens is 5. The summed E-state index contributed by atoms with van der Waals surface area (Å²) in [6.45, 7) is 0. The first-order valence-electron chi connectivity index (χ1n) is 7.36. The summed E-state index contributed by atoms with van der Waals surface area (Å²) in [7, 11) is 1.63. The van der Waals surface area contributed by atoms with E-state index in [0.717, 1.165) is 22.8 Å². The maximum atomic E-state index is 5.22. The minimum Gasteiger partial charge on any atom is -0.497 e. The molecule has 0 bridgehead atoms. The van der Waals surface area contributed by atoms with Crippen LogP contribution in [0.1, 0.15) is 0 Å². The van der Waals surface area contributed by atoms with E-state index in [1.165, 1.54) is 0 Å². The Morgan fingerprint density at radius 3 is 2.92 bits per heavy atom. The van der Waals surface area contributed by atoms with Gasteiger partial charge in [-0.1, -0.05) is 6.07 Å². The van der Waals surface area contributed by atoms with Crippen LogP contribution in [-0.4, -0.2) is 31.4 Å². The maximum absolute atomic E-state index is 5.22. The highest BCUT2D eigenvalue weighted by Crippen LogP contribution is 2.22. The Balaban J connectivity index is 1.68. The van der Waals surface area contributed by atoms with Crippen molar-refractivity contribution in [3.8, 4) is 17.1 Å². The minimum atomic E-state index is 0.500. The lowest BCUT2D eigenvalue weighted by molar-refractivity contribution is 0.415. The van der Waals surface area contributed by atoms with Crippen LogP contribution in [0.5, 0.6) is 5.75 Å². The lowest BCUT2D eigenvalue weighted by atomic mass is 10.3. The van der Waals surface area contributed by atoms with Crippen molar-refractivity contribution in [1.82, 2.24) is 24.3 Å². The Kier molecular flexibility index (Phi) is 3.51. The summed E-state index contributed by atoms with van der Waals surface area (Å²) in [6.07, 6.45) is 7.07. The molecule has 0 amide bonds. The molecule has 3 heterocycles. The van der Waals surface area contributed by atoms with Crippen LogP contribution in [0.4, 0.5) is 11.6 Å². The molecule has 0 radical (unpaired) electrons. The van der Waals surface area contributed by atoms with Crippen molar-refractivity contribution in [1.29, 1.82) is 0 Å². The first kappa shape index (κ1) is 14.1. The topological polar surface area (TPSA) is 77.2 Å². The zero-order valence-corrected chi connectivity index (χ0v) is 12.9. The molecule has 0 aliphatic rings. The fourth-order valence-corrected chi connectivity index (χ4v) is 2.41. The van der Waals surface area contributed by atoms with Crippen LogP contribution in [0, 0.1) is 0 Å². The van der Waals surface area contributed by atoms with Gasteiger partial charge in [0.15, 0.2) is 0 Å². The Morgan fingerprint density at radius 2 is 2.00 bits per heavy atom. The summed E-state index contributed by atoms with van der Waals surface area (Å²) in [5.41, 5.74) is 2.47. The standard InChI is InChI=1S/C17H14N6O/c1-24-13-5-2-4-12(10-13)21-16-18-8-6-14(22-16)15-11-20-17-19-7-3-9-23(15)17/h2-11H,1H3,(H,18,21,22). The number of imidazole rings is 1. The average molecular weight is 318 g/mol. The Bertz CT molecular complexity index is 997. The van der Waals surface area contributed by atoms with E-state index in [4.69, 9.17) is 4.74 Å². The molecule has 24 heavy (non-hydrogen) atoms. The van der Waals surface area contributed by atoms with E-state index in [0.29, 0.717) is 11.7 Å². The van der Waals surface area contributed by atoms with E-state index in [-0.39, 0.29) is 0 Å². The second-order valence-corrected chi connectivity index (χ2v) is 5.06. The van der Waals surface area contributed by atoms with Crippen LogP contribution in [0.25, 0.3) is 17.2 Å². The number of ether oxygens (including phenoxy) is 1. The molecular weight excluding hydrogens is 304 g/mol. The third kappa shape index (κ3) is 2.63. The molecular formula is C17H14N6O. The predicted octanol–water partition coefficient (Wildman–Crippen LogP) is 2.94. The quantitative estimate of drug-likeness (QED) is 0.623. The highest BCUT2D eigenvalue weighted by Gasteiger charge is 2.09. The summed E-state index contributed by atoms with van der Waals surface area (Å²) in [4.78, 5) is 17.3.